The first-order valence-corrected chi connectivity index (χ1v) is 6.68. The highest BCUT2D eigenvalue weighted by Gasteiger charge is 2.07. The van der Waals surface area contributed by atoms with Gasteiger partial charge in [0, 0.05) is 16.6 Å². The van der Waals surface area contributed by atoms with Gasteiger partial charge in [-0.05, 0) is 11.4 Å². The fourth-order valence-electron chi connectivity index (χ4n) is 1.17. The lowest BCUT2D eigenvalue weighted by molar-refractivity contribution is -0.747. The molecule has 0 atom stereocenters. The first-order valence-electron chi connectivity index (χ1n) is 4.22. The van der Waals surface area contributed by atoms with Crippen molar-refractivity contribution in [2.75, 3.05) is 5.75 Å². The molecular formula is C8H8N2O3S2. The van der Waals surface area contributed by atoms with Gasteiger partial charge < -0.3 is 4.55 Å². The molecule has 0 saturated heterocycles. The Labute approximate surface area is 90.7 Å². The standard InChI is InChI=1S/C8H8N2O3S2/c11-15(12,13)6-4-10-3-1-7-2-5-14-8(7)9-10/h1-3,5H,4,6H2. The van der Waals surface area contributed by atoms with E-state index in [1.807, 2.05) is 17.5 Å². The number of nitrogens with zero attached hydrogens (tertiary/aromatic N) is 2. The molecule has 0 spiro atoms. The third kappa shape index (κ3) is 2.71. The molecular weight excluding hydrogens is 236 g/mol. The molecule has 0 aliphatic rings. The molecule has 0 aliphatic heterocycles. The average molecular weight is 244 g/mol. The van der Waals surface area contributed by atoms with Gasteiger partial charge in [0.15, 0.2) is 17.6 Å². The van der Waals surface area contributed by atoms with Crippen molar-refractivity contribution in [3.05, 3.63) is 23.7 Å². The molecule has 7 heteroatoms. The minimum atomic E-state index is -4.17. The van der Waals surface area contributed by atoms with Crippen LogP contribution >= 0.6 is 11.3 Å². The van der Waals surface area contributed by atoms with E-state index in [0.717, 1.165) is 10.2 Å². The van der Waals surface area contributed by atoms with E-state index >= 15 is 0 Å². The summed E-state index contributed by atoms with van der Waals surface area (Å²) in [6.07, 6.45) is 1.67. The van der Waals surface area contributed by atoms with Crippen molar-refractivity contribution in [3.63, 3.8) is 0 Å². The van der Waals surface area contributed by atoms with Crippen molar-refractivity contribution in [3.8, 4) is 0 Å². The monoisotopic (exact) mass is 244 g/mol. The zero-order chi connectivity index (χ0) is 10.9. The molecule has 2 aromatic heterocycles. The summed E-state index contributed by atoms with van der Waals surface area (Å²) in [6.45, 7) is 0.0969. The Morgan fingerprint density at radius 3 is 3.00 bits per heavy atom. The zero-order valence-corrected chi connectivity index (χ0v) is 9.29. The minimum absolute atomic E-state index is 0.0969. The number of fused-ring (bicyclic) bond motifs is 1. The number of rotatable bonds is 3. The van der Waals surface area contributed by atoms with Crippen molar-refractivity contribution >= 4 is 31.7 Å². The van der Waals surface area contributed by atoms with Gasteiger partial charge in [0.05, 0.1) is 5.75 Å². The maximum Gasteiger partial charge on any atom is 0.197 e. The molecule has 0 amide bonds. The largest absolute Gasteiger partial charge is 0.748 e. The van der Waals surface area contributed by atoms with Gasteiger partial charge in [-0.2, -0.15) is 0 Å². The first-order chi connectivity index (χ1) is 7.04. The van der Waals surface area contributed by atoms with E-state index < -0.39 is 15.9 Å². The second-order valence-corrected chi connectivity index (χ2v) is 5.44. The molecule has 0 saturated carbocycles. The summed E-state index contributed by atoms with van der Waals surface area (Å²) in [4.78, 5) is 0.834. The highest BCUT2D eigenvalue weighted by Crippen LogP contribution is 2.14. The van der Waals surface area contributed by atoms with Gasteiger partial charge in [0.1, 0.15) is 10.1 Å². The summed E-state index contributed by atoms with van der Waals surface area (Å²) in [7, 11) is -4.17. The molecule has 15 heavy (non-hydrogen) atoms. The minimum Gasteiger partial charge on any atom is -0.748 e. The topological polar surface area (TPSA) is 74.0 Å². The van der Waals surface area contributed by atoms with Crippen LogP contribution in [0.3, 0.4) is 0 Å². The van der Waals surface area contributed by atoms with E-state index in [9.17, 15) is 13.0 Å². The van der Waals surface area contributed by atoms with Crippen LogP contribution in [0.2, 0.25) is 0 Å². The summed E-state index contributed by atoms with van der Waals surface area (Å²) in [5, 5.41) is 7.09. The highest BCUT2D eigenvalue weighted by molar-refractivity contribution is 7.85. The third-order valence-electron chi connectivity index (χ3n) is 1.89. The molecule has 0 radical (unpaired) electrons. The van der Waals surface area contributed by atoms with E-state index in [0.29, 0.717) is 0 Å². The van der Waals surface area contributed by atoms with Crippen LogP contribution in [-0.2, 0) is 16.7 Å². The first kappa shape index (κ1) is 10.5. The summed E-state index contributed by atoms with van der Waals surface area (Å²) >= 11 is 1.48. The van der Waals surface area contributed by atoms with Gasteiger partial charge in [-0.25, -0.2) is 8.42 Å². The van der Waals surface area contributed by atoms with Crippen molar-refractivity contribution in [1.29, 1.82) is 0 Å². The Bertz CT molecular complexity index is 576. The average Bonchev–Trinajstić information content (AvgIpc) is 2.60. The lowest BCUT2D eigenvalue weighted by atomic mass is 10.4. The van der Waals surface area contributed by atoms with Gasteiger partial charge in [-0.1, -0.05) is 4.68 Å². The fourth-order valence-corrected chi connectivity index (χ4v) is 2.34. The number of thiophene rings is 1. The Morgan fingerprint density at radius 1 is 1.47 bits per heavy atom. The zero-order valence-electron chi connectivity index (χ0n) is 7.66. The number of hydrogen-bond acceptors (Lipinski definition) is 5. The molecule has 0 bridgehead atoms. The predicted molar refractivity (Wildman–Crippen MR) is 54.4 cm³/mol. The van der Waals surface area contributed by atoms with Gasteiger partial charge in [-0.3, -0.25) is 0 Å². The normalized spacial score (nSPS) is 12.1. The maximum absolute atomic E-state index is 10.4. The smallest absolute Gasteiger partial charge is 0.197 e. The second-order valence-electron chi connectivity index (χ2n) is 3.02. The van der Waals surface area contributed by atoms with E-state index in [2.05, 4.69) is 5.10 Å². The molecule has 5 nitrogen and oxygen atoms in total. The molecule has 0 aromatic carbocycles. The van der Waals surface area contributed by atoms with Gasteiger partial charge in [0.2, 0.25) is 0 Å². The van der Waals surface area contributed by atoms with Crippen LogP contribution in [0.5, 0.6) is 0 Å². The van der Waals surface area contributed by atoms with Crippen LogP contribution in [0.25, 0.3) is 10.2 Å². The molecule has 0 fully saturated rings. The molecule has 2 aromatic rings. The Balaban J connectivity index is 2.21. The lowest BCUT2D eigenvalue weighted by Gasteiger charge is -2.01. The van der Waals surface area contributed by atoms with Gasteiger partial charge in [-0.15, -0.1) is 11.3 Å². The number of hydrogen-bond donors (Lipinski definition) is 0. The quantitative estimate of drug-likeness (QED) is 0.568. The molecule has 2 heterocycles. The van der Waals surface area contributed by atoms with Crippen LogP contribution in [0.1, 0.15) is 0 Å². The Morgan fingerprint density at radius 2 is 2.27 bits per heavy atom. The van der Waals surface area contributed by atoms with Crippen LogP contribution in [0, 0.1) is 0 Å². The van der Waals surface area contributed by atoms with E-state index in [1.165, 1.54) is 16.0 Å². The number of aromatic nitrogens is 2. The maximum atomic E-state index is 10.4. The van der Waals surface area contributed by atoms with Crippen LogP contribution in [0.15, 0.2) is 23.7 Å². The predicted octanol–water partition coefficient (Wildman–Crippen LogP) is 0.129. The summed E-state index contributed by atoms with van der Waals surface area (Å²) in [5.74, 6) is -0.429. The van der Waals surface area contributed by atoms with Gasteiger partial charge in [0.25, 0.3) is 0 Å². The van der Waals surface area contributed by atoms with E-state index in [-0.39, 0.29) is 6.54 Å². The fraction of sp³-hybridized carbons (Fsp3) is 0.250. The van der Waals surface area contributed by atoms with Crippen molar-refractivity contribution < 1.29 is 17.7 Å². The summed E-state index contributed by atoms with van der Waals surface area (Å²) in [5.41, 5.74) is 0. The molecule has 0 aliphatic carbocycles. The molecule has 80 valence electrons. The number of aryl methyl sites for hydroxylation is 1. The summed E-state index contributed by atoms with van der Waals surface area (Å²) < 4.78 is 32.7. The van der Waals surface area contributed by atoms with Crippen molar-refractivity contribution in [2.45, 2.75) is 6.54 Å². The lowest BCUT2D eigenvalue weighted by Crippen LogP contribution is -2.40. The SMILES string of the molecule is O=S(=O)([O-])CC[n+]1ccc2ccsc2n1. The Kier molecular flexibility index (Phi) is 2.68. The highest BCUT2D eigenvalue weighted by atomic mass is 32.2. The summed E-state index contributed by atoms with van der Waals surface area (Å²) in [6, 6.07) is 3.78. The van der Waals surface area contributed by atoms with Crippen LogP contribution < -0.4 is 4.68 Å². The van der Waals surface area contributed by atoms with Crippen LogP contribution in [-0.4, -0.2) is 23.8 Å². The molecule has 0 unspecified atom stereocenters. The van der Waals surface area contributed by atoms with Crippen molar-refractivity contribution in [2.24, 2.45) is 0 Å². The van der Waals surface area contributed by atoms with Crippen LogP contribution in [0.4, 0.5) is 0 Å². The second kappa shape index (κ2) is 3.84. The van der Waals surface area contributed by atoms with E-state index in [4.69, 9.17) is 0 Å². The Hall–Kier alpha value is -1.05. The molecule has 0 N–H and O–H groups in total. The van der Waals surface area contributed by atoms with Gasteiger partial charge >= 0.3 is 0 Å². The molecule has 2 rings (SSSR count). The van der Waals surface area contributed by atoms with E-state index in [1.54, 1.807) is 6.20 Å². The van der Waals surface area contributed by atoms with Crippen molar-refractivity contribution in [1.82, 2.24) is 5.10 Å². The third-order valence-corrected chi connectivity index (χ3v) is 3.39.